The lowest BCUT2D eigenvalue weighted by Gasteiger charge is -2.40. The van der Waals surface area contributed by atoms with Crippen molar-refractivity contribution in [2.24, 2.45) is 0 Å². The van der Waals surface area contributed by atoms with E-state index in [4.69, 9.17) is 4.74 Å². The number of halogens is 1. The monoisotopic (exact) mass is 497 g/mol. The molecule has 2 aromatic heterocycles. The third kappa shape index (κ3) is 4.33. The number of rotatable bonds is 5. The number of ether oxygens (including phenoxy) is 1. The number of aromatic nitrogens is 1. The van der Waals surface area contributed by atoms with Crippen molar-refractivity contribution in [1.82, 2.24) is 4.98 Å². The minimum Gasteiger partial charge on any atom is -0.394 e. The molecule has 1 aliphatic heterocycles. The predicted octanol–water partition coefficient (Wildman–Crippen LogP) is 2.74. The van der Waals surface area contributed by atoms with Crippen molar-refractivity contribution in [3.8, 4) is 10.4 Å². The minimum atomic E-state index is -1.40. The normalized spacial score (nSPS) is 27.3. The van der Waals surface area contributed by atoms with Gasteiger partial charge in [0.1, 0.15) is 30.5 Å². The van der Waals surface area contributed by atoms with Gasteiger partial charge in [-0.05, 0) is 34.0 Å². The van der Waals surface area contributed by atoms with Gasteiger partial charge in [0, 0.05) is 22.7 Å². The first kappa shape index (κ1) is 21.1. The SMILES string of the molecule is OC[C@H]1O[C@@H](c2ccc(Br)c(Cc3ncc(-c4ccsc4)s3)c2)[C@H](O)[C@@H](O)[C@@H]1O. The van der Waals surface area contributed by atoms with Crippen LogP contribution in [0.25, 0.3) is 10.4 Å². The second-order valence-electron chi connectivity index (χ2n) is 6.91. The number of thiophene rings is 1. The zero-order valence-electron chi connectivity index (χ0n) is 15.2. The van der Waals surface area contributed by atoms with Crippen LogP contribution >= 0.6 is 38.6 Å². The Morgan fingerprint density at radius 1 is 1.10 bits per heavy atom. The van der Waals surface area contributed by atoms with Gasteiger partial charge in [-0.3, -0.25) is 0 Å². The average molecular weight is 498 g/mol. The number of aliphatic hydroxyl groups excluding tert-OH is 4. The van der Waals surface area contributed by atoms with E-state index in [-0.39, 0.29) is 0 Å². The van der Waals surface area contributed by atoms with Gasteiger partial charge in [0.05, 0.1) is 16.5 Å². The van der Waals surface area contributed by atoms with Crippen LogP contribution in [0.15, 0.2) is 45.7 Å². The van der Waals surface area contributed by atoms with Crippen molar-refractivity contribution >= 4 is 38.6 Å². The highest BCUT2D eigenvalue weighted by Gasteiger charge is 2.44. The number of thiazole rings is 1. The molecule has 3 aromatic rings. The standard InChI is InChI=1S/C20H20BrNO5S2/c21-13-2-1-10(20-19(26)18(25)17(24)14(8-23)27-20)5-12(13)6-16-22-7-15(29-16)11-3-4-28-9-11/h1-5,7,9,14,17-20,23-26H,6,8H2/t14-,17-,18+,19-,20+/m1/s1. The first-order chi connectivity index (χ1) is 14.0. The van der Waals surface area contributed by atoms with E-state index in [1.165, 1.54) is 0 Å². The van der Waals surface area contributed by atoms with E-state index in [2.05, 4.69) is 32.4 Å². The second kappa shape index (κ2) is 8.91. The molecule has 9 heteroatoms. The highest BCUT2D eigenvalue weighted by atomic mass is 79.9. The summed E-state index contributed by atoms with van der Waals surface area (Å²) in [6.45, 7) is -0.449. The molecule has 3 heterocycles. The van der Waals surface area contributed by atoms with Gasteiger partial charge in [0.15, 0.2) is 0 Å². The molecule has 0 radical (unpaired) electrons. The molecule has 0 bridgehead atoms. The maximum atomic E-state index is 10.4. The summed E-state index contributed by atoms with van der Waals surface area (Å²) in [5, 5.41) is 45.0. The summed E-state index contributed by atoms with van der Waals surface area (Å²) in [6, 6.07) is 7.61. The zero-order valence-corrected chi connectivity index (χ0v) is 18.4. The molecule has 1 aliphatic rings. The molecule has 154 valence electrons. The molecule has 4 N–H and O–H groups in total. The molecular weight excluding hydrogens is 478 g/mol. The molecule has 0 saturated carbocycles. The van der Waals surface area contributed by atoms with Gasteiger partial charge < -0.3 is 25.2 Å². The maximum absolute atomic E-state index is 10.4. The van der Waals surface area contributed by atoms with E-state index < -0.39 is 37.1 Å². The van der Waals surface area contributed by atoms with E-state index in [0.29, 0.717) is 12.0 Å². The van der Waals surface area contributed by atoms with Crippen LogP contribution in [0.1, 0.15) is 22.2 Å². The van der Waals surface area contributed by atoms with Crippen LogP contribution in [-0.2, 0) is 11.2 Å². The summed E-state index contributed by atoms with van der Waals surface area (Å²) in [7, 11) is 0. The van der Waals surface area contributed by atoms with Crippen molar-refractivity contribution in [1.29, 1.82) is 0 Å². The lowest BCUT2D eigenvalue weighted by Crippen LogP contribution is -2.55. The molecule has 1 fully saturated rings. The molecule has 0 unspecified atom stereocenters. The van der Waals surface area contributed by atoms with Crippen LogP contribution in [0, 0.1) is 0 Å². The van der Waals surface area contributed by atoms with Crippen LogP contribution in [0.4, 0.5) is 0 Å². The summed E-state index contributed by atoms with van der Waals surface area (Å²) in [5.41, 5.74) is 2.79. The van der Waals surface area contributed by atoms with Crippen LogP contribution in [-0.4, -0.2) is 56.4 Å². The molecule has 4 rings (SSSR count). The molecule has 0 aliphatic carbocycles. The fraction of sp³-hybridized carbons (Fsp3) is 0.350. The summed E-state index contributed by atoms with van der Waals surface area (Å²) in [6.07, 6.45) is -3.38. The Balaban J connectivity index is 1.58. The molecule has 29 heavy (non-hydrogen) atoms. The van der Waals surface area contributed by atoms with Crippen LogP contribution in [0.3, 0.4) is 0 Å². The lowest BCUT2D eigenvalue weighted by atomic mass is 9.90. The Hall–Kier alpha value is -1.17. The smallest absolute Gasteiger partial charge is 0.113 e. The third-order valence-electron chi connectivity index (χ3n) is 4.99. The molecule has 1 aromatic carbocycles. The zero-order chi connectivity index (χ0) is 20.5. The summed E-state index contributed by atoms with van der Waals surface area (Å²) >= 11 is 6.84. The van der Waals surface area contributed by atoms with Gasteiger partial charge in [-0.2, -0.15) is 11.3 Å². The molecule has 0 amide bonds. The molecule has 6 nitrogen and oxygen atoms in total. The highest BCUT2D eigenvalue weighted by Crippen LogP contribution is 2.35. The number of benzene rings is 1. The molecule has 0 spiro atoms. The number of aliphatic hydroxyl groups is 4. The van der Waals surface area contributed by atoms with Crippen LogP contribution < -0.4 is 0 Å². The number of hydrogen-bond donors (Lipinski definition) is 4. The van der Waals surface area contributed by atoms with Gasteiger partial charge in [0.2, 0.25) is 0 Å². The quantitative estimate of drug-likeness (QED) is 0.432. The van der Waals surface area contributed by atoms with Gasteiger partial charge in [0.25, 0.3) is 0 Å². The molecule has 5 atom stereocenters. The van der Waals surface area contributed by atoms with Crippen molar-refractivity contribution in [3.63, 3.8) is 0 Å². The number of nitrogens with zero attached hydrogens (tertiary/aromatic N) is 1. The molecule has 1 saturated heterocycles. The fourth-order valence-corrected chi connectivity index (χ4v) is 5.43. The summed E-state index contributed by atoms with van der Waals surface area (Å²) in [4.78, 5) is 5.64. The van der Waals surface area contributed by atoms with E-state index in [1.807, 2.05) is 23.7 Å². The second-order valence-corrected chi connectivity index (χ2v) is 9.66. The number of hydrogen-bond acceptors (Lipinski definition) is 8. The van der Waals surface area contributed by atoms with Crippen molar-refractivity contribution in [2.75, 3.05) is 6.61 Å². The lowest BCUT2D eigenvalue weighted by molar-refractivity contribution is -0.231. The Labute approximate surface area is 184 Å². The van der Waals surface area contributed by atoms with Gasteiger partial charge >= 0.3 is 0 Å². The fourth-order valence-electron chi connectivity index (χ4n) is 3.38. The van der Waals surface area contributed by atoms with E-state index in [9.17, 15) is 20.4 Å². The highest BCUT2D eigenvalue weighted by molar-refractivity contribution is 9.10. The van der Waals surface area contributed by atoms with Gasteiger partial charge in [-0.1, -0.05) is 28.1 Å². The largest absolute Gasteiger partial charge is 0.394 e. The average Bonchev–Trinajstić information content (AvgIpc) is 3.40. The van der Waals surface area contributed by atoms with Crippen molar-refractivity contribution in [3.05, 3.63) is 61.8 Å². The maximum Gasteiger partial charge on any atom is 0.113 e. The van der Waals surface area contributed by atoms with Crippen molar-refractivity contribution < 1.29 is 25.2 Å². The van der Waals surface area contributed by atoms with Gasteiger partial charge in [-0.25, -0.2) is 4.98 Å². The van der Waals surface area contributed by atoms with Gasteiger partial charge in [-0.15, -0.1) is 11.3 Å². The van der Waals surface area contributed by atoms with Crippen LogP contribution in [0.5, 0.6) is 0 Å². The molecular formula is C20H20BrNO5S2. The Morgan fingerprint density at radius 3 is 2.66 bits per heavy atom. The van der Waals surface area contributed by atoms with Crippen LogP contribution in [0.2, 0.25) is 0 Å². The third-order valence-corrected chi connectivity index (χ3v) is 7.49. The topological polar surface area (TPSA) is 103 Å². The summed E-state index contributed by atoms with van der Waals surface area (Å²) < 4.78 is 6.58. The first-order valence-electron chi connectivity index (χ1n) is 9.04. The van der Waals surface area contributed by atoms with E-state index in [0.717, 1.165) is 25.5 Å². The van der Waals surface area contributed by atoms with Crippen molar-refractivity contribution in [2.45, 2.75) is 36.9 Å². The van der Waals surface area contributed by atoms with E-state index >= 15 is 0 Å². The Bertz CT molecular complexity index is 962. The minimum absolute atomic E-state index is 0.449. The van der Waals surface area contributed by atoms with E-state index in [1.54, 1.807) is 28.7 Å². The Morgan fingerprint density at radius 2 is 1.93 bits per heavy atom. The predicted molar refractivity (Wildman–Crippen MR) is 115 cm³/mol. The Kier molecular flexibility index (Phi) is 6.47. The summed E-state index contributed by atoms with van der Waals surface area (Å²) in [5.74, 6) is 0. The first-order valence-corrected chi connectivity index (χ1v) is 11.6.